The van der Waals surface area contributed by atoms with Gasteiger partial charge in [-0.25, -0.2) is 0 Å². The van der Waals surface area contributed by atoms with E-state index in [1.54, 1.807) is 0 Å². The predicted molar refractivity (Wildman–Crippen MR) is 94.9 cm³/mol. The lowest BCUT2D eigenvalue weighted by Crippen LogP contribution is -2.29. The van der Waals surface area contributed by atoms with E-state index in [9.17, 15) is 4.79 Å². The molecule has 0 spiro atoms. The number of aryl methyl sites for hydroxylation is 2. The summed E-state index contributed by atoms with van der Waals surface area (Å²) in [4.78, 5) is 14.2. The Morgan fingerprint density at radius 1 is 1.17 bits per heavy atom. The molecule has 3 rings (SSSR count). The number of halogens is 1. The molecular weight excluding hydrogens is 308 g/mol. The van der Waals surface area contributed by atoms with Crippen LogP contribution >= 0.6 is 11.6 Å². The molecule has 1 N–H and O–H groups in total. The molecule has 0 heterocycles. The number of hydrogen-bond acceptors (Lipinski definition) is 2. The summed E-state index contributed by atoms with van der Waals surface area (Å²) in [6.45, 7) is 1.04. The van der Waals surface area contributed by atoms with Gasteiger partial charge in [-0.05, 0) is 67.3 Å². The molecule has 0 bridgehead atoms. The van der Waals surface area contributed by atoms with E-state index >= 15 is 0 Å². The van der Waals surface area contributed by atoms with Gasteiger partial charge in [0.05, 0.1) is 6.54 Å². The van der Waals surface area contributed by atoms with Gasteiger partial charge in [-0.1, -0.05) is 29.8 Å². The molecule has 1 aliphatic carbocycles. The van der Waals surface area contributed by atoms with Crippen LogP contribution in [0, 0.1) is 0 Å². The van der Waals surface area contributed by atoms with Gasteiger partial charge in [0.2, 0.25) is 5.91 Å². The van der Waals surface area contributed by atoms with Crippen molar-refractivity contribution in [3.63, 3.8) is 0 Å². The maximum Gasteiger partial charge on any atom is 0.238 e. The van der Waals surface area contributed by atoms with Gasteiger partial charge in [0.15, 0.2) is 0 Å². The van der Waals surface area contributed by atoms with E-state index in [0.717, 1.165) is 29.1 Å². The van der Waals surface area contributed by atoms with Crippen molar-refractivity contribution in [3.8, 4) is 0 Å². The molecule has 0 saturated carbocycles. The van der Waals surface area contributed by atoms with Crippen molar-refractivity contribution in [3.05, 3.63) is 64.2 Å². The van der Waals surface area contributed by atoms with Crippen molar-refractivity contribution >= 4 is 23.2 Å². The van der Waals surface area contributed by atoms with Gasteiger partial charge in [-0.3, -0.25) is 9.69 Å². The molecule has 0 atom stereocenters. The summed E-state index contributed by atoms with van der Waals surface area (Å²) >= 11 is 5.99. The highest BCUT2D eigenvalue weighted by Crippen LogP contribution is 2.24. The van der Waals surface area contributed by atoms with Crippen LogP contribution in [0.5, 0.6) is 0 Å². The molecule has 23 heavy (non-hydrogen) atoms. The fraction of sp³-hybridized carbons (Fsp3) is 0.316. The van der Waals surface area contributed by atoms with Crippen molar-refractivity contribution in [1.29, 1.82) is 0 Å². The largest absolute Gasteiger partial charge is 0.325 e. The van der Waals surface area contributed by atoms with Crippen LogP contribution in [-0.4, -0.2) is 24.4 Å². The van der Waals surface area contributed by atoms with E-state index in [-0.39, 0.29) is 5.91 Å². The number of carbonyl (C=O) groups excluding carboxylic acids is 1. The minimum absolute atomic E-state index is 0.00692. The third kappa shape index (κ3) is 4.34. The van der Waals surface area contributed by atoms with E-state index < -0.39 is 0 Å². The second-order valence-corrected chi connectivity index (χ2v) is 6.62. The van der Waals surface area contributed by atoms with Crippen molar-refractivity contribution < 1.29 is 4.79 Å². The van der Waals surface area contributed by atoms with Gasteiger partial charge in [0, 0.05) is 17.3 Å². The quantitative estimate of drug-likeness (QED) is 0.902. The zero-order chi connectivity index (χ0) is 16.2. The van der Waals surface area contributed by atoms with E-state index in [1.807, 2.05) is 42.3 Å². The van der Waals surface area contributed by atoms with Gasteiger partial charge in [-0.15, -0.1) is 0 Å². The first-order valence-corrected chi connectivity index (χ1v) is 8.32. The number of nitrogens with one attached hydrogen (secondary N) is 1. The normalized spacial score (nSPS) is 13.2. The Labute approximate surface area is 142 Å². The number of amides is 1. The first-order chi connectivity index (χ1) is 11.1. The molecule has 2 aromatic carbocycles. The van der Waals surface area contributed by atoms with Crippen LogP contribution in [0.25, 0.3) is 0 Å². The van der Waals surface area contributed by atoms with Crippen LogP contribution in [0.3, 0.4) is 0 Å². The predicted octanol–water partition coefficient (Wildman–Crippen LogP) is 3.90. The molecule has 2 aromatic rings. The third-order valence-corrected chi connectivity index (χ3v) is 4.37. The Bertz CT molecular complexity index is 714. The first-order valence-electron chi connectivity index (χ1n) is 7.95. The van der Waals surface area contributed by atoms with E-state index in [4.69, 9.17) is 11.6 Å². The number of hydrogen-bond donors (Lipinski definition) is 1. The summed E-state index contributed by atoms with van der Waals surface area (Å²) in [6.07, 6.45) is 3.49. The minimum Gasteiger partial charge on any atom is -0.325 e. The van der Waals surface area contributed by atoms with E-state index in [2.05, 4.69) is 17.4 Å². The van der Waals surface area contributed by atoms with Crippen LogP contribution in [0.15, 0.2) is 42.5 Å². The summed E-state index contributed by atoms with van der Waals surface area (Å²) in [5, 5.41) is 3.71. The SMILES string of the molecule is CN(CC(=O)Nc1ccc2c(c1)CCC2)Cc1cccc(Cl)c1. The maximum atomic E-state index is 12.2. The zero-order valence-corrected chi connectivity index (χ0v) is 14.1. The number of rotatable bonds is 5. The Hall–Kier alpha value is -1.84. The first kappa shape index (κ1) is 16.0. The van der Waals surface area contributed by atoms with Crippen molar-refractivity contribution in [2.75, 3.05) is 18.9 Å². The molecule has 1 aliphatic rings. The van der Waals surface area contributed by atoms with E-state index in [0.29, 0.717) is 13.1 Å². The number of fused-ring (bicyclic) bond motifs is 1. The van der Waals surface area contributed by atoms with Gasteiger partial charge in [-0.2, -0.15) is 0 Å². The molecule has 0 aliphatic heterocycles. The van der Waals surface area contributed by atoms with Crippen LogP contribution in [0.4, 0.5) is 5.69 Å². The van der Waals surface area contributed by atoms with Crippen molar-refractivity contribution in [2.45, 2.75) is 25.8 Å². The molecule has 3 nitrogen and oxygen atoms in total. The summed E-state index contributed by atoms with van der Waals surface area (Å²) in [7, 11) is 1.93. The lowest BCUT2D eigenvalue weighted by Gasteiger charge is -2.17. The van der Waals surface area contributed by atoms with Crippen LogP contribution < -0.4 is 5.32 Å². The lowest BCUT2D eigenvalue weighted by molar-refractivity contribution is -0.117. The Morgan fingerprint density at radius 3 is 2.83 bits per heavy atom. The third-order valence-electron chi connectivity index (χ3n) is 4.14. The van der Waals surface area contributed by atoms with E-state index in [1.165, 1.54) is 17.5 Å². The number of nitrogens with zero attached hydrogens (tertiary/aromatic N) is 1. The van der Waals surface area contributed by atoms with Crippen LogP contribution in [-0.2, 0) is 24.2 Å². The van der Waals surface area contributed by atoms with Crippen molar-refractivity contribution in [2.24, 2.45) is 0 Å². The molecular formula is C19H21ClN2O. The standard InChI is InChI=1S/C19H21ClN2O/c1-22(12-14-4-2-7-17(20)10-14)13-19(23)21-18-9-8-15-5-3-6-16(15)11-18/h2,4,7-11H,3,5-6,12-13H2,1H3,(H,21,23). The van der Waals surface area contributed by atoms with Gasteiger partial charge >= 0.3 is 0 Å². The Morgan fingerprint density at radius 2 is 2.00 bits per heavy atom. The average Bonchev–Trinajstić information content (AvgIpc) is 2.94. The Kier molecular flexibility index (Phi) is 4.99. The van der Waals surface area contributed by atoms with Crippen LogP contribution in [0.1, 0.15) is 23.1 Å². The second-order valence-electron chi connectivity index (χ2n) is 6.19. The molecule has 0 aromatic heterocycles. The highest BCUT2D eigenvalue weighted by Gasteiger charge is 2.12. The van der Waals surface area contributed by atoms with Gasteiger partial charge in [0.25, 0.3) is 0 Å². The topological polar surface area (TPSA) is 32.3 Å². The highest BCUT2D eigenvalue weighted by molar-refractivity contribution is 6.30. The van der Waals surface area contributed by atoms with Crippen molar-refractivity contribution in [1.82, 2.24) is 4.90 Å². The fourth-order valence-electron chi connectivity index (χ4n) is 3.10. The number of benzene rings is 2. The fourth-order valence-corrected chi connectivity index (χ4v) is 3.31. The molecule has 120 valence electrons. The number of carbonyl (C=O) groups is 1. The molecule has 0 radical (unpaired) electrons. The zero-order valence-electron chi connectivity index (χ0n) is 13.3. The van der Waals surface area contributed by atoms with Gasteiger partial charge in [0.1, 0.15) is 0 Å². The van der Waals surface area contributed by atoms with Gasteiger partial charge < -0.3 is 5.32 Å². The smallest absolute Gasteiger partial charge is 0.238 e. The molecule has 0 unspecified atom stereocenters. The summed E-state index contributed by atoms with van der Waals surface area (Å²) in [6, 6.07) is 14.0. The maximum absolute atomic E-state index is 12.2. The molecule has 4 heteroatoms. The highest BCUT2D eigenvalue weighted by atomic mass is 35.5. The summed E-state index contributed by atoms with van der Waals surface area (Å²) < 4.78 is 0. The Balaban J connectivity index is 1.54. The molecule has 0 saturated heterocycles. The average molecular weight is 329 g/mol. The second kappa shape index (κ2) is 7.16. The summed E-state index contributed by atoms with van der Waals surface area (Å²) in [5.41, 5.74) is 4.79. The minimum atomic E-state index is 0.00692. The molecule has 1 amide bonds. The number of anilines is 1. The monoisotopic (exact) mass is 328 g/mol. The number of likely N-dealkylation sites (N-methyl/N-ethyl adjacent to an activating group) is 1. The summed E-state index contributed by atoms with van der Waals surface area (Å²) in [5.74, 6) is 0.00692. The molecule has 0 fully saturated rings. The lowest BCUT2D eigenvalue weighted by atomic mass is 10.1. The van der Waals surface area contributed by atoms with Crippen LogP contribution in [0.2, 0.25) is 5.02 Å².